The largest absolute Gasteiger partial charge is 0.347 e. The lowest BCUT2D eigenvalue weighted by Gasteiger charge is -2.44. The number of hydrogen-bond donors (Lipinski definition) is 1. The van der Waals surface area contributed by atoms with E-state index in [1.165, 1.54) is 6.26 Å². The number of nitrogens with one attached hydrogen (secondary N) is 1. The highest BCUT2D eigenvalue weighted by atomic mass is 35.5. The van der Waals surface area contributed by atoms with Crippen LogP contribution in [0.1, 0.15) is 29.4 Å². The topological polar surface area (TPSA) is 110 Å². The third kappa shape index (κ3) is 7.94. The maximum absolute atomic E-state index is 13.3. The van der Waals surface area contributed by atoms with Crippen LogP contribution in [0, 0.1) is 11.3 Å². The number of nitrogens with zero attached hydrogens (tertiary/aromatic N) is 4. The number of H-pyrrole nitrogens is 1. The molecule has 2 atom stereocenters. The Morgan fingerprint density at radius 2 is 1.95 bits per heavy atom. The summed E-state index contributed by atoms with van der Waals surface area (Å²) in [6, 6.07) is 16.0. The molecule has 1 aromatic heterocycles. The lowest BCUT2D eigenvalue weighted by Crippen LogP contribution is -2.58. The molecule has 3 aromatic rings. The van der Waals surface area contributed by atoms with Crippen molar-refractivity contribution < 1.29 is 13.2 Å². The average Bonchev–Trinajstić information content (AvgIpc) is 3.36. The minimum atomic E-state index is -3.20. The zero-order valence-corrected chi connectivity index (χ0v) is 23.3. The third-order valence-corrected chi connectivity index (χ3v) is 7.38. The molecule has 0 aliphatic carbocycles. The first kappa shape index (κ1) is 30.6. The van der Waals surface area contributed by atoms with Crippen LogP contribution in [0.2, 0.25) is 5.02 Å². The van der Waals surface area contributed by atoms with Crippen LogP contribution in [-0.2, 0) is 21.1 Å². The van der Waals surface area contributed by atoms with E-state index in [0.717, 1.165) is 5.56 Å². The number of anilines is 1. The lowest BCUT2D eigenvalue weighted by atomic mass is 9.98. The zero-order chi connectivity index (χ0) is 25.0. The van der Waals surface area contributed by atoms with Crippen LogP contribution < -0.4 is 4.90 Å². The van der Waals surface area contributed by atoms with E-state index in [-0.39, 0.29) is 55.1 Å². The molecule has 1 unspecified atom stereocenters. The van der Waals surface area contributed by atoms with Crippen molar-refractivity contribution in [3.05, 3.63) is 82.9 Å². The van der Waals surface area contributed by atoms with Crippen LogP contribution in [-0.4, -0.2) is 60.3 Å². The van der Waals surface area contributed by atoms with E-state index in [1.54, 1.807) is 47.6 Å². The number of nitriles is 1. The first-order valence-electron chi connectivity index (χ1n) is 11.2. The third-order valence-electron chi connectivity index (χ3n) is 6.17. The molecule has 0 spiro atoms. The second kappa shape index (κ2) is 13.3. The number of imidazole rings is 1. The number of piperazine rings is 1. The first-order chi connectivity index (χ1) is 16.7. The first-order valence-corrected chi connectivity index (χ1v) is 13.6. The van der Waals surface area contributed by atoms with Gasteiger partial charge < -0.3 is 9.88 Å². The Morgan fingerprint density at radius 1 is 1.22 bits per heavy atom. The summed E-state index contributed by atoms with van der Waals surface area (Å²) in [4.78, 5) is 24.7. The number of amides is 1. The predicted octanol–water partition coefficient (Wildman–Crippen LogP) is 4.21. The predicted molar refractivity (Wildman–Crippen MR) is 149 cm³/mol. The van der Waals surface area contributed by atoms with Crippen LogP contribution in [0.25, 0.3) is 0 Å². The lowest BCUT2D eigenvalue weighted by molar-refractivity contribution is -0.123. The summed E-state index contributed by atoms with van der Waals surface area (Å²) in [7, 11) is -3.20. The Hall–Kier alpha value is -2.61. The smallest absolute Gasteiger partial charge is 0.241 e. The van der Waals surface area contributed by atoms with E-state index in [1.807, 2.05) is 23.1 Å². The highest BCUT2D eigenvalue weighted by Crippen LogP contribution is 2.31. The Balaban J connectivity index is 0.00000241. The number of carbonyl (C=O) groups excluding carboxylic acids is 1. The highest BCUT2D eigenvalue weighted by molar-refractivity contribution is 7.90. The second-order valence-corrected chi connectivity index (χ2v) is 11.4. The number of halogens is 3. The number of aromatic amines is 1. The summed E-state index contributed by atoms with van der Waals surface area (Å²) in [6.07, 6.45) is 5.53. The van der Waals surface area contributed by atoms with E-state index in [9.17, 15) is 13.2 Å². The van der Waals surface area contributed by atoms with Crippen molar-refractivity contribution in [2.75, 3.05) is 30.0 Å². The molecule has 1 saturated heterocycles. The van der Waals surface area contributed by atoms with E-state index in [2.05, 4.69) is 16.0 Å². The monoisotopic (exact) mass is 583 g/mol. The quantitative estimate of drug-likeness (QED) is 0.425. The fourth-order valence-electron chi connectivity index (χ4n) is 4.42. The minimum absolute atomic E-state index is 0. The number of sulfone groups is 1. The van der Waals surface area contributed by atoms with Gasteiger partial charge >= 0.3 is 0 Å². The molecular weight excluding hydrogens is 557 g/mol. The Kier molecular flexibility index (Phi) is 11.0. The van der Waals surface area contributed by atoms with Crippen LogP contribution in [0.15, 0.2) is 60.9 Å². The van der Waals surface area contributed by atoms with Gasteiger partial charge in [-0.05, 0) is 48.7 Å². The van der Waals surface area contributed by atoms with Crippen LogP contribution in [0.3, 0.4) is 0 Å². The van der Waals surface area contributed by atoms with Crippen molar-refractivity contribution in [1.29, 1.82) is 5.26 Å². The van der Waals surface area contributed by atoms with E-state index < -0.39 is 9.84 Å². The highest BCUT2D eigenvalue weighted by Gasteiger charge is 2.38. The summed E-state index contributed by atoms with van der Waals surface area (Å²) in [5.74, 6) is 0.606. The van der Waals surface area contributed by atoms with Crippen molar-refractivity contribution in [3.8, 4) is 6.07 Å². The molecule has 2 aromatic carbocycles. The molecule has 198 valence electrons. The summed E-state index contributed by atoms with van der Waals surface area (Å²) >= 11 is 6.17. The number of carbonyl (C=O) groups is 1. The van der Waals surface area contributed by atoms with Gasteiger partial charge in [0.05, 0.1) is 30.0 Å². The van der Waals surface area contributed by atoms with Gasteiger partial charge in [0.15, 0.2) is 0 Å². The summed E-state index contributed by atoms with van der Waals surface area (Å²) in [5, 5.41) is 9.64. The molecule has 2 heterocycles. The summed E-state index contributed by atoms with van der Waals surface area (Å²) in [6.45, 7) is 0.432. The number of benzene rings is 2. The van der Waals surface area contributed by atoms with Gasteiger partial charge in [-0.3, -0.25) is 9.69 Å². The Morgan fingerprint density at radius 3 is 2.54 bits per heavy atom. The molecule has 0 bridgehead atoms. The van der Waals surface area contributed by atoms with Gasteiger partial charge in [0.2, 0.25) is 5.91 Å². The molecule has 0 saturated carbocycles. The van der Waals surface area contributed by atoms with E-state index in [4.69, 9.17) is 16.9 Å². The maximum atomic E-state index is 13.3. The normalized spacial score (nSPS) is 16.8. The van der Waals surface area contributed by atoms with Crippen molar-refractivity contribution in [2.24, 2.45) is 0 Å². The molecule has 37 heavy (non-hydrogen) atoms. The van der Waals surface area contributed by atoms with Gasteiger partial charge in [-0.25, -0.2) is 13.4 Å². The molecule has 0 radical (unpaired) electrons. The molecule has 4 rings (SSSR count). The molecule has 12 heteroatoms. The molecule has 1 amide bonds. The van der Waals surface area contributed by atoms with Crippen LogP contribution in [0.5, 0.6) is 0 Å². The van der Waals surface area contributed by atoms with E-state index >= 15 is 0 Å². The van der Waals surface area contributed by atoms with Gasteiger partial charge in [0.25, 0.3) is 0 Å². The van der Waals surface area contributed by atoms with Gasteiger partial charge in [-0.1, -0.05) is 29.8 Å². The second-order valence-electron chi connectivity index (χ2n) is 8.73. The van der Waals surface area contributed by atoms with Crippen molar-refractivity contribution in [1.82, 2.24) is 14.9 Å². The summed E-state index contributed by atoms with van der Waals surface area (Å²) in [5.41, 5.74) is 2.24. The molecule has 1 aliphatic heterocycles. The van der Waals surface area contributed by atoms with Gasteiger partial charge in [-0.15, -0.1) is 24.8 Å². The number of rotatable bonds is 8. The fourth-order valence-corrected chi connectivity index (χ4v) is 5.31. The molecule has 8 nitrogen and oxygen atoms in total. The SMILES string of the molecule is CS(=O)(=O)CCC1CN(c2cccc(Cl)c2)C(=O)CN1[C@@H](Cc1ccc(C#N)cc1)c1ncc[nH]1.Cl.Cl. The Bertz CT molecular complexity index is 1330. The van der Waals surface area contributed by atoms with Crippen LogP contribution in [0.4, 0.5) is 5.69 Å². The van der Waals surface area contributed by atoms with Gasteiger partial charge in [0.1, 0.15) is 15.7 Å². The number of hydrogen-bond acceptors (Lipinski definition) is 6. The van der Waals surface area contributed by atoms with Crippen molar-refractivity contribution >= 4 is 57.8 Å². The standard InChI is InChI=1S/C25H26ClN5O3S.2ClH/c1-35(33,34)12-9-22-16-31(21-4-2-3-20(26)14-21)24(32)17-30(22)23(25-28-10-11-29-25)13-18-5-7-19(15-27)8-6-18;;/h2-8,10-11,14,22-23H,9,12-13,16-17H2,1H3,(H,28,29);2*1H/t22?,23-;;/m0../s1. The zero-order valence-electron chi connectivity index (χ0n) is 20.1. The Labute approximate surface area is 234 Å². The van der Waals surface area contributed by atoms with Crippen molar-refractivity contribution in [3.63, 3.8) is 0 Å². The molecule has 1 aliphatic rings. The van der Waals surface area contributed by atoms with Crippen LogP contribution >= 0.6 is 36.4 Å². The summed E-state index contributed by atoms with van der Waals surface area (Å²) < 4.78 is 24.1. The minimum Gasteiger partial charge on any atom is -0.347 e. The molecular formula is C25H28Cl3N5O3S. The van der Waals surface area contributed by atoms with Gasteiger partial charge in [-0.2, -0.15) is 5.26 Å². The number of aromatic nitrogens is 2. The van der Waals surface area contributed by atoms with E-state index in [0.29, 0.717) is 41.5 Å². The van der Waals surface area contributed by atoms with Crippen molar-refractivity contribution in [2.45, 2.75) is 24.9 Å². The molecule has 1 fully saturated rings. The van der Waals surface area contributed by atoms with Gasteiger partial charge in [0, 0.05) is 41.9 Å². The molecule has 1 N–H and O–H groups in total. The maximum Gasteiger partial charge on any atom is 0.241 e. The fraction of sp³-hybridized carbons (Fsp3) is 0.320. The average molecular weight is 585 g/mol.